The van der Waals surface area contributed by atoms with Gasteiger partial charge in [-0.25, -0.2) is 0 Å². The molecule has 90 valence electrons. The minimum absolute atomic E-state index is 0.373. The van der Waals surface area contributed by atoms with Crippen molar-refractivity contribution >= 4 is 0 Å². The van der Waals surface area contributed by atoms with Gasteiger partial charge in [0.2, 0.25) is 0 Å². The van der Waals surface area contributed by atoms with Gasteiger partial charge >= 0.3 is 0 Å². The van der Waals surface area contributed by atoms with E-state index in [4.69, 9.17) is 9.47 Å². The lowest BCUT2D eigenvalue weighted by atomic mass is 10.0. The minimum atomic E-state index is 0.373. The molecule has 3 heteroatoms. The van der Waals surface area contributed by atoms with Crippen molar-refractivity contribution in [2.75, 3.05) is 27.4 Å². The van der Waals surface area contributed by atoms with E-state index in [1.807, 2.05) is 0 Å². The number of hydrogen-bond donors (Lipinski definition) is 0. The van der Waals surface area contributed by atoms with Crippen LogP contribution in [0.25, 0.3) is 0 Å². The summed E-state index contributed by atoms with van der Waals surface area (Å²) in [6.07, 6.45) is 1.52. The normalized spacial score (nSPS) is 32.8. The maximum atomic E-state index is 5.84. The van der Waals surface area contributed by atoms with E-state index in [0.29, 0.717) is 37.3 Å². The largest absolute Gasteiger partial charge is 0.382 e. The van der Waals surface area contributed by atoms with E-state index in [0.717, 1.165) is 6.42 Å². The number of methoxy groups -OCH3 is 1. The fraction of sp³-hybridized carbons (Fsp3) is 1.00. The van der Waals surface area contributed by atoms with Crippen molar-refractivity contribution in [1.29, 1.82) is 0 Å². The third-order valence-electron chi connectivity index (χ3n) is 3.57. The molecule has 2 unspecified atom stereocenters. The van der Waals surface area contributed by atoms with Crippen LogP contribution in [-0.4, -0.2) is 50.5 Å². The quantitative estimate of drug-likeness (QED) is 0.652. The highest BCUT2D eigenvalue weighted by Gasteiger charge is 2.37. The lowest BCUT2D eigenvalue weighted by molar-refractivity contribution is 0.00575. The molecule has 3 nitrogen and oxygen atoms in total. The molecule has 1 rings (SSSR count). The summed E-state index contributed by atoms with van der Waals surface area (Å²) in [5.41, 5.74) is 0. The topological polar surface area (TPSA) is 21.7 Å². The highest BCUT2D eigenvalue weighted by molar-refractivity contribution is 4.92. The lowest BCUT2D eigenvalue weighted by Gasteiger charge is -2.26. The lowest BCUT2D eigenvalue weighted by Crippen LogP contribution is -2.36. The summed E-state index contributed by atoms with van der Waals surface area (Å²) in [6, 6.07) is 1.18. The number of likely N-dealkylation sites (tertiary alicyclic amines) is 1. The predicted molar refractivity (Wildman–Crippen MR) is 62.1 cm³/mol. The molecule has 15 heavy (non-hydrogen) atoms. The van der Waals surface area contributed by atoms with Gasteiger partial charge in [-0.15, -0.1) is 0 Å². The second kappa shape index (κ2) is 5.83. The zero-order valence-corrected chi connectivity index (χ0v) is 10.7. The van der Waals surface area contributed by atoms with E-state index in [1.54, 1.807) is 7.11 Å². The number of nitrogens with zero attached hydrogens (tertiary/aromatic N) is 1. The molecule has 0 N–H and O–H groups in total. The van der Waals surface area contributed by atoms with Crippen LogP contribution in [0.5, 0.6) is 0 Å². The Balaban J connectivity index is 2.41. The maximum absolute atomic E-state index is 5.84. The average molecular weight is 215 g/mol. The van der Waals surface area contributed by atoms with Gasteiger partial charge in [0, 0.05) is 19.2 Å². The first-order valence-electron chi connectivity index (χ1n) is 5.90. The van der Waals surface area contributed by atoms with Gasteiger partial charge in [-0.1, -0.05) is 13.8 Å². The molecule has 1 fully saturated rings. The first-order valence-corrected chi connectivity index (χ1v) is 5.90. The Kier molecular flexibility index (Phi) is 5.03. The summed E-state index contributed by atoms with van der Waals surface area (Å²) >= 11 is 0. The highest BCUT2D eigenvalue weighted by atomic mass is 16.5. The van der Waals surface area contributed by atoms with Crippen LogP contribution >= 0.6 is 0 Å². The zero-order chi connectivity index (χ0) is 11.4. The number of ether oxygens (including phenoxy) is 2. The van der Waals surface area contributed by atoms with Gasteiger partial charge in [-0.3, -0.25) is 4.90 Å². The van der Waals surface area contributed by atoms with E-state index in [9.17, 15) is 0 Å². The van der Waals surface area contributed by atoms with Gasteiger partial charge in [0.05, 0.1) is 19.3 Å². The smallest absolute Gasteiger partial charge is 0.0743 e. The molecule has 1 aliphatic heterocycles. The van der Waals surface area contributed by atoms with Crippen molar-refractivity contribution in [2.24, 2.45) is 5.92 Å². The molecule has 3 atom stereocenters. The molecule has 0 aromatic heterocycles. The molecule has 1 aliphatic rings. The number of rotatable bonds is 5. The molecular formula is C12H25NO2. The standard InChI is InChI=1S/C12H25NO2/c1-9(2)11-8-12(10(3)13(11)4)15-7-6-14-5/h9-12H,6-8H2,1-5H3/t10?,11?,12-/m1/s1. The van der Waals surface area contributed by atoms with Gasteiger partial charge in [0.1, 0.15) is 0 Å². The van der Waals surface area contributed by atoms with E-state index in [1.165, 1.54) is 0 Å². The Morgan fingerprint density at radius 3 is 2.47 bits per heavy atom. The summed E-state index contributed by atoms with van der Waals surface area (Å²) in [4.78, 5) is 2.45. The van der Waals surface area contributed by atoms with Crippen LogP contribution in [0.15, 0.2) is 0 Å². The summed E-state index contributed by atoms with van der Waals surface area (Å²) in [5.74, 6) is 0.702. The molecule has 0 amide bonds. The maximum Gasteiger partial charge on any atom is 0.0743 e. The van der Waals surface area contributed by atoms with Crippen LogP contribution < -0.4 is 0 Å². The van der Waals surface area contributed by atoms with Crippen LogP contribution in [0.1, 0.15) is 27.2 Å². The number of likely N-dealkylation sites (N-methyl/N-ethyl adjacent to an activating group) is 1. The van der Waals surface area contributed by atoms with Gasteiger partial charge in [0.25, 0.3) is 0 Å². The van der Waals surface area contributed by atoms with Gasteiger partial charge in [0.15, 0.2) is 0 Å². The fourth-order valence-electron chi connectivity index (χ4n) is 2.40. The summed E-state index contributed by atoms with van der Waals surface area (Å²) in [6.45, 7) is 8.22. The van der Waals surface area contributed by atoms with E-state index >= 15 is 0 Å². The van der Waals surface area contributed by atoms with Gasteiger partial charge in [-0.05, 0) is 26.3 Å². The second-order valence-corrected chi connectivity index (χ2v) is 4.86. The molecule has 0 aromatic rings. The highest BCUT2D eigenvalue weighted by Crippen LogP contribution is 2.29. The molecule has 1 heterocycles. The Bertz CT molecular complexity index is 184. The van der Waals surface area contributed by atoms with Crippen molar-refractivity contribution in [3.8, 4) is 0 Å². The molecule has 0 bridgehead atoms. The molecule has 0 saturated carbocycles. The van der Waals surface area contributed by atoms with Gasteiger partial charge in [-0.2, -0.15) is 0 Å². The van der Waals surface area contributed by atoms with Crippen LogP contribution in [0, 0.1) is 5.92 Å². The molecule has 0 aromatic carbocycles. The van der Waals surface area contributed by atoms with Crippen LogP contribution in [0.2, 0.25) is 0 Å². The van der Waals surface area contributed by atoms with Crippen LogP contribution in [0.3, 0.4) is 0 Å². The van der Waals surface area contributed by atoms with E-state index in [2.05, 4.69) is 32.7 Å². The van der Waals surface area contributed by atoms with Crippen molar-refractivity contribution < 1.29 is 9.47 Å². The zero-order valence-electron chi connectivity index (χ0n) is 10.7. The fourth-order valence-corrected chi connectivity index (χ4v) is 2.40. The molecule has 0 aliphatic carbocycles. The van der Waals surface area contributed by atoms with Crippen molar-refractivity contribution in [3.63, 3.8) is 0 Å². The average Bonchev–Trinajstić information content (AvgIpc) is 2.46. The molecular weight excluding hydrogens is 190 g/mol. The summed E-state index contributed by atoms with van der Waals surface area (Å²) in [5, 5.41) is 0. The first-order chi connectivity index (χ1) is 7.07. The molecule has 0 radical (unpaired) electrons. The van der Waals surface area contributed by atoms with Crippen molar-refractivity contribution in [1.82, 2.24) is 4.90 Å². The minimum Gasteiger partial charge on any atom is -0.382 e. The van der Waals surface area contributed by atoms with Crippen molar-refractivity contribution in [3.05, 3.63) is 0 Å². The molecule has 1 saturated heterocycles. The van der Waals surface area contributed by atoms with Crippen LogP contribution in [0.4, 0.5) is 0 Å². The second-order valence-electron chi connectivity index (χ2n) is 4.86. The third-order valence-corrected chi connectivity index (χ3v) is 3.57. The Labute approximate surface area is 93.7 Å². The Morgan fingerprint density at radius 1 is 1.33 bits per heavy atom. The predicted octanol–water partition coefficient (Wildman–Crippen LogP) is 1.77. The molecule has 0 spiro atoms. The Morgan fingerprint density at radius 2 is 2.00 bits per heavy atom. The van der Waals surface area contributed by atoms with E-state index in [-0.39, 0.29) is 0 Å². The van der Waals surface area contributed by atoms with Gasteiger partial charge < -0.3 is 9.47 Å². The number of hydrogen-bond acceptors (Lipinski definition) is 3. The van der Waals surface area contributed by atoms with Crippen molar-refractivity contribution in [2.45, 2.75) is 45.4 Å². The summed E-state index contributed by atoms with van der Waals surface area (Å²) in [7, 11) is 3.92. The monoisotopic (exact) mass is 215 g/mol. The Hall–Kier alpha value is -0.120. The SMILES string of the molecule is COCCO[C@@H]1CC(C(C)C)N(C)C1C. The third kappa shape index (κ3) is 3.16. The van der Waals surface area contributed by atoms with E-state index < -0.39 is 0 Å². The van der Waals surface area contributed by atoms with Crippen LogP contribution in [-0.2, 0) is 9.47 Å². The first kappa shape index (κ1) is 12.9. The summed E-state index contributed by atoms with van der Waals surface area (Å²) < 4.78 is 10.8.